The molecule has 6 heteroatoms. The Morgan fingerprint density at radius 3 is 1.83 bits per heavy atom. The van der Waals surface area contributed by atoms with Gasteiger partial charge in [-0.2, -0.15) is 0 Å². The third kappa shape index (κ3) is 4.13. The topological polar surface area (TPSA) is 77.8 Å². The van der Waals surface area contributed by atoms with Crippen LogP contribution in [0.2, 0.25) is 0 Å². The minimum atomic E-state index is 0.543. The second kappa shape index (κ2) is 10.4. The van der Waals surface area contributed by atoms with Crippen LogP contribution in [0.1, 0.15) is 0 Å². The molecule has 48 heavy (non-hydrogen) atoms. The average Bonchev–Trinajstić information content (AvgIpc) is 3.74. The fourth-order valence-corrected chi connectivity index (χ4v) is 6.68. The smallest absolute Gasteiger partial charge is 0.167 e. The highest BCUT2D eigenvalue weighted by molar-refractivity contribution is 6.21. The molecule has 6 aromatic carbocycles. The van der Waals surface area contributed by atoms with Gasteiger partial charge in [-0.05, 0) is 36.4 Å². The van der Waals surface area contributed by atoms with E-state index in [1.165, 1.54) is 0 Å². The van der Waals surface area contributed by atoms with Gasteiger partial charge in [0.2, 0.25) is 0 Å². The van der Waals surface area contributed by atoms with Crippen molar-refractivity contribution in [1.82, 2.24) is 19.9 Å². The van der Waals surface area contributed by atoms with Gasteiger partial charge in [-0.15, -0.1) is 0 Å². The molecule has 0 saturated carbocycles. The number of fused-ring (bicyclic) bond motifs is 8. The van der Waals surface area contributed by atoms with Crippen LogP contribution in [0.3, 0.4) is 0 Å². The van der Waals surface area contributed by atoms with Gasteiger partial charge in [-0.25, -0.2) is 19.9 Å². The van der Waals surface area contributed by atoms with E-state index in [1.54, 1.807) is 0 Å². The van der Waals surface area contributed by atoms with Gasteiger partial charge in [0.15, 0.2) is 23.1 Å². The van der Waals surface area contributed by atoms with Crippen LogP contribution in [-0.2, 0) is 0 Å². The van der Waals surface area contributed by atoms with E-state index in [9.17, 15) is 0 Å². The number of pyridine rings is 1. The monoisotopic (exact) mass is 616 g/mol. The lowest BCUT2D eigenvalue weighted by atomic mass is 10.0. The summed E-state index contributed by atoms with van der Waals surface area (Å²) in [5.41, 5.74) is 8.39. The fraction of sp³-hybridized carbons (Fsp3) is 0. The van der Waals surface area contributed by atoms with Crippen molar-refractivity contribution < 1.29 is 8.83 Å². The molecule has 0 radical (unpaired) electrons. The lowest BCUT2D eigenvalue weighted by Gasteiger charge is -2.09. The molecule has 0 fully saturated rings. The zero-order chi connectivity index (χ0) is 31.6. The van der Waals surface area contributed by atoms with E-state index >= 15 is 0 Å². The highest BCUT2D eigenvalue weighted by Gasteiger charge is 2.21. The molecule has 224 valence electrons. The number of furan rings is 2. The molecule has 0 aliphatic rings. The highest BCUT2D eigenvalue weighted by atomic mass is 16.3. The second-order valence-electron chi connectivity index (χ2n) is 11.8. The van der Waals surface area contributed by atoms with Crippen LogP contribution in [0.15, 0.2) is 154 Å². The molecule has 0 spiro atoms. The van der Waals surface area contributed by atoms with E-state index in [-0.39, 0.29) is 0 Å². The zero-order valence-electron chi connectivity index (χ0n) is 25.5. The molecule has 0 aliphatic carbocycles. The minimum Gasteiger partial charge on any atom is -0.455 e. The maximum absolute atomic E-state index is 6.57. The van der Waals surface area contributed by atoms with Crippen molar-refractivity contribution in [2.45, 2.75) is 0 Å². The van der Waals surface area contributed by atoms with E-state index in [0.29, 0.717) is 17.5 Å². The van der Waals surface area contributed by atoms with Crippen LogP contribution in [0.25, 0.3) is 100 Å². The summed E-state index contributed by atoms with van der Waals surface area (Å²) in [7, 11) is 0. The molecule has 10 aromatic rings. The molecule has 10 rings (SSSR count). The van der Waals surface area contributed by atoms with E-state index < -0.39 is 0 Å². The summed E-state index contributed by atoms with van der Waals surface area (Å²) in [6.45, 7) is 0. The van der Waals surface area contributed by atoms with E-state index in [0.717, 1.165) is 82.7 Å². The number of hydrogen-bond acceptors (Lipinski definition) is 6. The Hall–Kier alpha value is -6.66. The van der Waals surface area contributed by atoms with E-state index in [1.807, 2.05) is 109 Å². The number of para-hydroxylation sites is 3. The Bertz CT molecular complexity index is 2840. The van der Waals surface area contributed by atoms with Crippen molar-refractivity contribution in [1.29, 1.82) is 0 Å². The van der Waals surface area contributed by atoms with Gasteiger partial charge < -0.3 is 8.83 Å². The van der Waals surface area contributed by atoms with Crippen molar-refractivity contribution in [2.75, 3.05) is 0 Å². The fourth-order valence-electron chi connectivity index (χ4n) is 6.68. The molecule has 0 bridgehead atoms. The Morgan fingerprint density at radius 2 is 1.00 bits per heavy atom. The molecule has 0 atom stereocenters. The Kier molecular flexibility index (Phi) is 5.77. The van der Waals surface area contributed by atoms with E-state index in [2.05, 4.69) is 36.4 Å². The summed E-state index contributed by atoms with van der Waals surface area (Å²) in [5, 5.41) is 5.09. The Morgan fingerprint density at radius 1 is 0.375 bits per heavy atom. The maximum atomic E-state index is 6.57. The average molecular weight is 617 g/mol. The van der Waals surface area contributed by atoms with Gasteiger partial charge in [0, 0.05) is 43.6 Å². The van der Waals surface area contributed by atoms with Crippen molar-refractivity contribution in [3.63, 3.8) is 0 Å². The first-order valence-corrected chi connectivity index (χ1v) is 15.8. The first-order chi connectivity index (χ1) is 23.8. The van der Waals surface area contributed by atoms with Gasteiger partial charge in [0.1, 0.15) is 22.4 Å². The van der Waals surface area contributed by atoms with Crippen LogP contribution in [0.5, 0.6) is 0 Å². The second-order valence-corrected chi connectivity index (χ2v) is 11.8. The summed E-state index contributed by atoms with van der Waals surface area (Å²) >= 11 is 0. The van der Waals surface area contributed by atoms with Gasteiger partial charge >= 0.3 is 0 Å². The number of benzene rings is 6. The van der Waals surface area contributed by atoms with Crippen molar-refractivity contribution in [3.8, 4) is 45.4 Å². The highest BCUT2D eigenvalue weighted by Crippen LogP contribution is 2.41. The molecule has 0 aliphatic heterocycles. The molecular weight excluding hydrogens is 592 g/mol. The number of aromatic nitrogens is 4. The van der Waals surface area contributed by atoms with Gasteiger partial charge in [-0.1, -0.05) is 109 Å². The van der Waals surface area contributed by atoms with Crippen LogP contribution < -0.4 is 0 Å². The normalized spacial score (nSPS) is 11.8. The molecular formula is C42H24N4O2. The summed E-state index contributed by atoms with van der Waals surface area (Å²) in [4.78, 5) is 20.2. The maximum Gasteiger partial charge on any atom is 0.167 e. The predicted octanol–water partition coefficient (Wildman–Crippen LogP) is 10.9. The summed E-state index contributed by atoms with van der Waals surface area (Å²) < 4.78 is 13.0. The third-order valence-electron chi connectivity index (χ3n) is 8.93. The summed E-state index contributed by atoms with van der Waals surface area (Å²) in [6, 6.07) is 48.7. The van der Waals surface area contributed by atoms with Crippen LogP contribution in [-0.4, -0.2) is 19.9 Å². The SMILES string of the molecule is c1ccc(-c2nc(-c3ccc4oc5c(-c6ccccc6)nc6ccccc6c5c4c3)nc(-c3cccc4c3oc3ccccc34)n2)cc1. The lowest BCUT2D eigenvalue weighted by Crippen LogP contribution is -2.00. The largest absolute Gasteiger partial charge is 0.455 e. The first kappa shape index (κ1) is 26.5. The molecule has 0 N–H and O–H groups in total. The van der Waals surface area contributed by atoms with Crippen LogP contribution in [0, 0.1) is 0 Å². The number of nitrogens with zero attached hydrogens (tertiary/aromatic N) is 4. The van der Waals surface area contributed by atoms with Gasteiger partial charge in [0.25, 0.3) is 0 Å². The summed E-state index contributed by atoms with van der Waals surface area (Å²) in [6.07, 6.45) is 0. The summed E-state index contributed by atoms with van der Waals surface area (Å²) in [5.74, 6) is 1.69. The Labute approximate surface area is 274 Å². The quantitative estimate of drug-likeness (QED) is 0.196. The molecule has 0 unspecified atom stereocenters. The zero-order valence-corrected chi connectivity index (χ0v) is 25.5. The van der Waals surface area contributed by atoms with Crippen molar-refractivity contribution >= 4 is 54.8 Å². The van der Waals surface area contributed by atoms with Crippen LogP contribution in [0.4, 0.5) is 0 Å². The standard InChI is InChI=1S/C42H24N4O2/c1-3-12-25(13-4-1)37-39-36(30-17-7-9-20-33(30)43-37)32-24-27(22-23-35(32)48-39)41-44-40(26-14-5-2-6-15-26)45-42(46-41)31-19-11-18-29-28-16-8-10-21-34(28)47-38(29)31/h1-24H. The molecule has 4 aromatic heterocycles. The van der Waals surface area contributed by atoms with Crippen LogP contribution >= 0.6 is 0 Å². The molecule has 6 nitrogen and oxygen atoms in total. The molecule has 0 saturated heterocycles. The Balaban J connectivity index is 1.23. The number of rotatable bonds is 4. The lowest BCUT2D eigenvalue weighted by molar-refractivity contribution is 0.668. The molecule has 0 amide bonds. The van der Waals surface area contributed by atoms with Crippen molar-refractivity contribution in [3.05, 3.63) is 146 Å². The van der Waals surface area contributed by atoms with Crippen molar-refractivity contribution in [2.24, 2.45) is 0 Å². The minimum absolute atomic E-state index is 0.543. The molecule has 4 heterocycles. The van der Waals surface area contributed by atoms with Gasteiger partial charge in [0.05, 0.1) is 11.1 Å². The van der Waals surface area contributed by atoms with Gasteiger partial charge in [-0.3, -0.25) is 0 Å². The van der Waals surface area contributed by atoms with E-state index in [4.69, 9.17) is 28.8 Å². The predicted molar refractivity (Wildman–Crippen MR) is 191 cm³/mol. The third-order valence-corrected chi connectivity index (χ3v) is 8.93. The number of hydrogen-bond donors (Lipinski definition) is 0. The first-order valence-electron chi connectivity index (χ1n) is 15.8.